The summed E-state index contributed by atoms with van der Waals surface area (Å²) in [7, 11) is 0. The maximum atomic E-state index is 10.8. The van der Waals surface area contributed by atoms with Gasteiger partial charge in [-0.25, -0.2) is 0 Å². The van der Waals surface area contributed by atoms with Crippen molar-refractivity contribution in [3.8, 4) is 0 Å². The van der Waals surface area contributed by atoms with E-state index in [0.717, 1.165) is 13.0 Å². The van der Waals surface area contributed by atoms with Gasteiger partial charge in [0, 0.05) is 0 Å². The number of nitrogens with one attached hydrogen (secondary N) is 1. The van der Waals surface area contributed by atoms with Crippen LogP contribution >= 0.6 is 0 Å². The minimum atomic E-state index is -1.83. The van der Waals surface area contributed by atoms with E-state index in [4.69, 9.17) is 10.5 Å². The van der Waals surface area contributed by atoms with E-state index in [2.05, 4.69) is 12.2 Å². The quantitative estimate of drug-likeness (QED) is 0.483. The molecule has 2 unspecified atom stereocenters. The number of primary amides is 1. The molecular formula is C8H16N2O3. The van der Waals surface area contributed by atoms with Crippen molar-refractivity contribution in [2.24, 2.45) is 11.7 Å². The molecule has 0 aromatic rings. The molecule has 5 nitrogen and oxygen atoms in total. The summed E-state index contributed by atoms with van der Waals surface area (Å²) in [4.78, 5) is 10.8. The Balaban J connectivity index is 2.54. The van der Waals surface area contributed by atoms with Gasteiger partial charge in [-0.15, -0.1) is 0 Å². The van der Waals surface area contributed by atoms with E-state index in [-0.39, 0.29) is 6.54 Å². The maximum absolute atomic E-state index is 10.8. The molecular weight excluding hydrogens is 172 g/mol. The summed E-state index contributed by atoms with van der Waals surface area (Å²) in [5.41, 5.74) is 5.00. The van der Waals surface area contributed by atoms with Gasteiger partial charge in [0.05, 0.1) is 13.2 Å². The molecule has 2 atom stereocenters. The Morgan fingerprint density at radius 2 is 2.46 bits per heavy atom. The van der Waals surface area contributed by atoms with Crippen LogP contribution in [0.2, 0.25) is 0 Å². The maximum Gasteiger partial charge on any atom is 0.278 e. The monoisotopic (exact) mass is 188 g/mol. The molecule has 1 aliphatic rings. The smallest absolute Gasteiger partial charge is 0.278 e. The lowest BCUT2D eigenvalue weighted by atomic mass is 10.1. The minimum absolute atomic E-state index is 0.0622. The summed E-state index contributed by atoms with van der Waals surface area (Å²) in [6.07, 6.45) is 0.808. The van der Waals surface area contributed by atoms with Crippen LogP contribution in [0.3, 0.4) is 0 Å². The van der Waals surface area contributed by atoms with Crippen LogP contribution in [0.25, 0.3) is 0 Å². The van der Waals surface area contributed by atoms with Gasteiger partial charge in [0.2, 0.25) is 0 Å². The first kappa shape index (κ1) is 10.4. The highest BCUT2D eigenvalue weighted by Crippen LogP contribution is 2.11. The summed E-state index contributed by atoms with van der Waals surface area (Å²) in [6.45, 7) is 3.26. The van der Waals surface area contributed by atoms with Crippen molar-refractivity contribution in [3.63, 3.8) is 0 Å². The largest absolute Gasteiger partial charge is 0.365 e. The summed E-state index contributed by atoms with van der Waals surface area (Å²) < 4.78 is 5.02. The van der Waals surface area contributed by atoms with Gasteiger partial charge >= 0.3 is 0 Å². The third kappa shape index (κ3) is 2.65. The van der Waals surface area contributed by atoms with Crippen LogP contribution in [0.5, 0.6) is 0 Å². The van der Waals surface area contributed by atoms with E-state index >= 15 is 0 Å². The first-order valence-corrected chi connectivity index (χ1v) is 4.41. The molecule has 0 aromatic carbocycles. The normalized spacial score (nSPS) is 36.3. The second-order valence-electron chi connectivity index (χ2n) is 3.52. The van der Waals surface area contributed by atoms with E-state index in [9.17, 15) is 9.90 Å². The number of rotatable bonds is 1. The molecule has 0 radical (unpaired) electrons. The number of β-amino-alcohol motifs (C(OH)–C–C–N with tert-alkyl or cyclic N) is 1. The molecule has 1 saturated heterocycles. The first-order chi connectivity index (χ1) is 6.04. The van der Waals surface area contributed by atoms with E-state index < -0.39 is 11.7 Å². The third-order valence-electron chi connectivity index (χ3n) is 2.19. The van der Waals surface area contributed by atoms with Gasteiger partial charge in [-0.05, 0) is 18.9 Å². The Labute approximate surface area is 77.2 Å². The molecule has 5 heteroatoms. The fraction of sp³-hybridized carbons (Fsp3) is 0.875. The molecule has 0 spiro atoms. The topological polar surface area (TPSA) is 84.6 Å². The number of ether oxygens (including phenoxy) is 1. The van der Waals surface area contributed by atoms with Crippen LogP contribution in [0, 0.1) is 5.92 Å². The van der Waals surface area contributed by atoms with Crippen LogP contribution in [0.1, 0.15) is 13.3 Å². The van der Waals surface area contributed by atoms with E-state index in [1.165, 1.54) is 0 Å². The second-order valence-corrected chi connectivity index (χ2v) is 3.52. The SMILES string of the molecule is CC1CCOC(O)(C(N)=O)CNC1. The average molecular weight is 188 g/mol. The van der Waals surface area contributed by atoms with Gasteiger partial charge in [-0.2, -0.15) is 0 Å². The molecule has 13 heavy (non-hydrogen) atoms. The second kappa shape index (κ2) is 4.04. The van der Waals surface area contributed by atoms with Crippen LogP contribution in [0.15, 0.2) is 0 Å². The minimum Gasteiger partial charge on any atom is -0.365 e. The van der Waals surface area contributed by atoms with Gasteiger partial charge in [0.1, 0.15) is 0 Å². The van der Waals surface area contributed by atoms with E-state index in [0.29, 0.717) is 12.5 Å². The van der Waals surface area contributed by atoms with Gasteiger partial charge < -0.3 is 20.9 Å². The van der Waals surface area contributed by atoms with Crippen molar-refractivity contribution in [2.75, 3.05) is 19.7 Å². The van der Waals surface area contributed by atoms with Crippen molar-refractivity contribution < 1.29 is 14.6 Å². The zero-order valence-electron chi connectivity index (χ0n) is 7.75. The molecule has 76 valence electrons. The summed E-state index contributed by atoms with van der Waals surface area (Å²) in [5.74, 6) is -2.19. The molecule has 1 aliphatic heterocycles. The Morgan fingerprint density at radius 1 is 1.77 bits per heavy atom. The lowest BCUT2D eigenvalue weighted by Gasteiger charge is -2.29. The molecule has 0 bridgehead atoms. The summed E-state index contributed by atoms with van der Waals surface area (Å²) in [6, 6.07) is 0. The number of carbonyl (C=O) groups is 1. The van der Waals surface area contributed by atoms with Gasteiger partial charge in [0.15, 0.2) is 0 Å². The van der Waals surface area contributed by atoms with Crippen LogP contribution in [-0.2, 0) is 9.53 Å². The first-order valence-electron chi connectivity index (χ1n) is 4.41. The van der Waals surface area contributed by atoms with Crippen LogP contribution in [0.4, 0.5) is 0 Å². The van der Waals surface area contributed by atoms with E-state index in [1.807, 2.05) is 0 Å². The number of nitrogens with two attached hydrogens (primary N) is 1. The molecule has 1 rings (SSSR count). The molecule has 1 amide bonds. The number of hydrogen-bond acceptors (Lipinski definition) is 4. The number of aliphatic hydroxyl groups is 1. The summed E-state index contributed by atoms with van der Waals surface area (Å²) >= 11 is 0. The van der Waals surface area contributed by atoms with Gasteiger partial charge in [-0.1, -0.05) is 6.92 Å². The fourth-order valence-corrected chi connectivity index (χ4v) is 1.23. The number of carbonyl (C=O) groups excluding carboxylic acids is 1. The van der Waals surface area contributed by atoms with Gasteiger partial charge in [0.25, 0.3) is 11.7 Å². The third-order valence-corrected chi connectivity index (χ3v) is 2.19. The van der Waals surface area contributed by atoms with E-state index in [1.54, 1.807) is 0 Å². The highest BCUT2D eigenvalue weighted by Gasteiger charge is 2.35. The molecule has 0 aromatic heterocycles. The highest BCUT2D eigenvalue weighted by molar-refractivity contribution is 5.81. The van der Waals surface area contributed by atoms with Crippen molar-refractivity contribution >= 4 is 5.91 Å². The van der Waals surface area contributed by atoms with Crippen molar-refractivity contribution in [3.05, 3.63) is 0 Å². The zero-order valence-corrected chi connectivity index (χ0v) is 7.75. The Kier molecular flexibility index (Phi) is 3.24. The molecule has 1 fully saturated rings. The van der Waals surface area contributed by atoms with Gasteiger partial charge in [-0.3, -0.25) is 4.79 Å². The lowest BCUT2D eigenvalue weighted by Crippen LogP contribution is -2.55. The average Bonchev–Trinajstić information content (AvgIpc) is 2.01. The van der Waals surface area contributed by atoms with Crippen molar-refractivity contribution in [2.45, 2.75) is 19.1 Å². The Bertz CT molecular complexity index is 186. The highest BCUT2D eigenvalue weighted by atomic mass is 16.6. The number of hydrogen-bond donors (Lipinski definition) is 3. The standard InChI is InChI=1S/C8H16N2O3/c1-6-2-3-13-8(12,7(9)11)5-10-4-6/h6,10,12H,2-5H2,1H3,(H2,9,11). The molecule has 1 heterocycles. The Morgan fingerprint density at radius 3 is 3.08 bits per heavy atom. The van der Waals surface area contributed by atoms with Crippen LogP contribution in [-0.4, -0.2) is 36.5 Å². The lowest BCUT2D eigenvalue weighted by molar-refractivity contribution is -0.205. The molecule has 4 N–H and O–H groups in total. The Hall–Kier alpha value is -0.650. The zero-order chi connectivity index (χ0) is 9.90. The van der Waals surface area contributed by atoms with Crippen molar-refractivity contribution in [1.82, 2.24) is 5.32 Å². The predicted molar refractivity (Wildman–Crippen MR) is 46.7 cm³/mol. The van der Waals surface area contributed by atoms with Crippen molar-refractivity contribution in [1.29, 1.82) is 0 Å². The van der Waals surface area contributed by atoms with Crippen LogP contribution < -0.4 is 11.1 Å². The fourth-order valence-electron chi connectivity index (χ4n) is 1.23. The molecule has 0 saturated carbocycles. The predicted octanol–water partition coefficient (Wildman–Crippen LogP) is -1.19. The number of amides is 1. The summed E-state index contributed by atoms with van der Waals surface area (Å²) in [5, 5.41) is 12.5. The molecule has 0 aliphatic carbocycles.